The van der Waals surface area contributed by atoms with Crippen molar-refractivity contribution in [1.82, 2.24) is 15.3 Å². The van der Waals surface area contributed by atoms with Crippen LogP contribution < -0.4 is 10.9 Å². The number of nitrogens with zero attached hydrogens (tertiary/aromatic N) is 1. The molecule has 17 heavy (non-hydrogen) atoms. The van der Waals surface area contributed by atoms with Gasteiger partial charge in [-0.2, -0.15) is 0 Å². The summed E-state index contributed by atoms with van der Waals surface area (Å²) in [6.07, 6.45) is 5.04. The van der Waals surface area contributed by atoms with Gasteiger partial charge in [0, 0.05) is 17.8 Å². The topological polar surface area (TPSA) is 57.8 Å². The van der Waals surface area contributed by atoms with Crippen LogP contribution in [0.25, 0.3) is 0 Å². The zero-order valence-corrected chi connectivity index (χ0v) is 10.8. The molecule has 1 aromatic rings. The molecule has 1 saturated carbocycles. The molecule has 94 valence electrons. The van der Waals surface area contributed by atoms with Gasteiger partial charge < -0.3 is 10.3 Å². The number of rotatable bonds is 3. The Hall–Kier alpha value is -1.16. The molecule has 4 heteroatoms. The molecule has 1 aromatic heterocycles. The number of aromatic amines is 1. The molecule has 0 aliphatic heterocycles. The Balaban J connectivity index is 2.18. The van der Waals surface area contributed by atoms with Crippen molar-refractivity contribution in [3.63, 3.8) is 0 Å². The lowest BCUT2D eigenvalue weighted by atomic mass is 10.1. The summed E-state index contributed by atoms with van der Waals surface area (Å²) in [7, 11) is 0. The second-order valence-electron chi connectivity index (χ2n) is 5.02. The van der Waals surface area contributed by atoms with E-state index in [1.165, 1.54) is 25.7 Å². The number of aromatic nitrogens is 2. The zero-order chi connectivity index (χ0) is 12.4. The van der Waals surface area contributed by atoms with Gasteiger partial charge in [-0.1, -0.05) is 12.8 Å². The van der Waals surface area contributed by atoms with E-state index in [0.717, 1.165) is 11.3 Å². The number of nitrogens with one attached hydrogen (secondary N) is 2. The van der Waals surface area contributed by atoms with E-state index in [0.29, 0.717) is 11.9 Å². The molecule has 1 atom stereocenters. The molecule has 1 fully saturated rings. The fraction of sp³-hybridized carbons (Fsp3) is 0.692. The Morgan fingerprint density at radius 3 is 2.59 bits per heavy atom. The van der Waals surface area contributed by atoms with Crippen LogP contribution in [0.15, 0.2) is 4.79 Å². The second-order valence-corrected chi connectivity index (χ2v) is 5.02. The lowest BCUT2D eigenvalue weighted by molar-refractivity contribution is 0.456. The van der Waals surface area contributed by atoms with E-state index in [9.17, 15) is 4.79 Å². The summed E-state index contributed by atoms with van der Waals surface area (Å²) in [6.45, 7) is 5.77. The van der Waals surface area contributed by atoms with Crippen LogP contribution in [0.1, 0.15) is 55.7 Å². The standard InChI is InChI=1S/C13H21N3O/c1-8-12(13(17)16-10(3)14-8)9(2)15-11-6-4-5-7-11/h9,11,15H,4-7H2,1-3H3,(H,14,16,17). The molecule has 0 spiro atoms. The number of hydrogen-bond donors (Lipinski definition) is 2. The van der Waals surface area contributed by atoms with Crippen molar-refractivity contribution >= 4 is 0 Å². The highest BCUT2D eigenvalue weighted by Crippen LogP contribution is 2.21. The third-order valence-corrected chi connectivity index (χ3v) is 3.54. The minimum absolute atomic E-state index is 0.00648. The average Bonchev–Trinajstić information content (AvgIpc) is 2.68. The van der Waals surface area contributed by atoms with Gasteiger partial charge in [-0.05, 0) is 33.6 Å². The Morgan fingerprint density at radius 1 is 1.35 bits per heavy atom. The van der Waals surface area contributed by atoms with E-state index in [1.54, 1.807) is 0 Å². The maximum absolute atomic E-state index is 11.9. The summed E-state index contributed by atoms with van der Waals surface area (Å²) in [4.78, 5) is 19.1. The monoisotopic (exact) mass is 235 g/mol. The van der Waals surface area contributed by atoms with Gasteiger partial charge in [0.05, 0.1) is 5.56 Å². The molecule has 0 amide bonds. The zero-order valence-electron chi connectivity index (χ0n) is 10.8. The highest BCUT2D eigenvalue weighted by atomic mass is 16.1. The van der Waals surface area contributed by atoms with Crippen molar-refractivity contribution in [2.24, 2.45) is 0 Å². The molecule has 1 heterocycles. The van der Waals surface area contributed by atoms with Crippen molar-refractivity contribution in [3.8, 4) is 0 Å². The lowest BCUT2D eigenvalue weighted by Crippen LogP contribution is -2.33. The Labute approximate surface area is 102 Å². The largest absolute Gasteiger partial charge is 0.310 e. The summed E-state index contributed by atoms with van der Waals surface area (Å²) in [5.74, 6) is 0.685. The first-order chi connectivity index (χ1) is 8.08. The summed E-state index contributed by atoms with van der Waals surface area (Å²) in [5, 5.41) is 3.54. The first-order valence-corrected chi connectivity index (χ1v) is 6.41. The Kier molecular flexibility index (Phi) is 3.62. The summed E-state index contributed by atoms with van der Waals surface area (Å²) in [6, 6.07) is 0.639. The van der Waals surface area contributed by atoms with Crippen LogP contribution in [-0.4, -0.2) is 16.0 Å². The molecule has 0 bridgehead atoms. The third kappa shape index (κ3) is 2.75. The van der Waals surface area contributed by atoms with Crippen LogP contribution >= 0.6 is 0 Å². The van der Waals surface area contributed by atoms with Crippen molar-refractivity contribution in [3.05, 3.63) is 27.4 Å². The van der Waals surface area contributed by atoms with Crippen LogP contribution in [-0.2, 0) is 0 Å². The van der Waals surface area contributed by atoms with E-state index in [4.69, 9.17) is 0 Å². The fourth-order valence-electron chi connectivity index (χ4n) is 2.78. The molecule has 1 aliphatic rings. The van der Waals surface area contributed by atoms with Gasteiger partial charge in [0.25, 0.3) is 5.56 Å². The minimum atomic E-state index is -0.00648. The molecule has 0 aromatic carbocycles. The SMILES string of the molecule is Cc1nc(C)c(C(C)NC2CCCC2)c(=O)[nH]1. The predicted molar refractivity (Wildman–Crippen MR) is 68.1 cm³/mol. The molecular formula is C13H21N3O. The van der Waals surface area contributed by atoms with Gasteiger partial charge in [-0.25, -0.2) is 4.98 Å². The lowest BCUT2D eigenvalue weighted by Gasteiger charge is -2.20. The molecule has 0 saturated heterocycles. The predicted octanol–water partition coefficient (Wildman–Crippen LogP) is 1.98. The van der Waals surface area contributed by atoms with E-state index in [2.05, 4.69) is 15.3 Å². The molecular weight excluding hydrogens is 214 g/mol. The van der Waals surface area contributed by atoms with E-state index in [1.807, 2.05) is 20.8 Å². The maximum atomic E-state index is 11.9. The highest BCUT2D eigenvalue weighted by molar-refractivity contribution is 5.20. The van der Waals surface area contributed by atoms with Crippen molar-refractivity contribution in [2.45, 2.75) is 58.5 Å². The summed E-state index contributed by atoms with van der Waals surface area (Å²) < 4.78 is 0. The van der Waals surface area contributed by atoms with Gasteiger partial charge in [0.15, 0.2) is 0 Å². The average molecular weight is 235 g/mol. The van der Waals surface area contributed by atoms with E-state index >= 15 is 0 Å². The van der Waals surface area contributed by atoms with E-state index < -0.39 is 0 Å². The smallest absolute Gasteiger partial charge is 0.255 e. The van der Waals surface area contributed by atoms with Crippen LogP contribution in [0.3, 0.4) is 0 Å². The molecule has 2 N–H and O–H groups in total. The Bertz CT molecular complexity index is 446. The number of hydrogen-bond acceptors (Lipinski definition) is 3. The number of H-pyrrole nitrogens is 1. The van der Waals surface area contributed by atoms with Crippen molar-refractivity contribution < 1.29 is 0 Å². The normalized spacial score (nSPS) is 18.5. The molecule has 2 rings (SSSR count). The fourth-order valence-corrected chi connectivity index (χ4v) is 2.78. The quantitative estimate of drug-likeness (QED) is 0.842. The van der Waals surface area contributed by atoms with Crippen molar-refractivity contribution in [1.29, 1.82) is 0 Å². The third-order valence-electron chi connectivity index (χ3n) is 3.54. The molecule has 1 aliphatic carbocycles. The van der Waals surface area contributed by atoms with Crippen LogP contribution in [0.2, 0.25) is 0 Å². The van der Waals surface area contributed by atoms with Gasteiger partial charge >= 0.3 is 0 Å². The molecule has 0 radical (unpaired) electrons. The van der Waals surface area contributed by atoms with Crippen LogP contribution in [0.4, 0.5) is 0 Å². The van der Waals surface area contributed by atoms with Gasteiger partial charge in [0.1, 0.15) is 5.82 Å². The molecule has 1 unspecified atom stereocenters. The summed E-state index contributed by atoms with van der Waals surface area (Å²) >= 11 is 0. The first-order valence-electron chi connectivity index (χ1n) is 6.41. The van der Waals surface area contributed by atoms with Gasteiger partial charge in [-0.3, -0.25) is 4.79 Å². The molecule has 4 nitrogen and oxygen atoms in total. The second kappa shape index (κ2) is 5.00. The van der Waals surface area contributed by atoms with E-state index in [-0.39, 0.29) is 11.6 Å². The summed E-state index contributed by atoms with van der Waals surface area (Å²) in [5.41, 5.74) is 1.61. The maximum Gasteiger partial charge on any atom is 0.255 e. The van der Waals surface area contributed by atoms with Gasteiger partial charge in [-0.15, -0.1) is 0 Å². The van der Waals surface area contributed by atoms with Crippen molar-refractivity contribution in [2.75, 3.05) is 0 Å². The Morgan fingerprint density at radius 2 is 2.00 bits per heavy atom. The minimum Gasteiger partial charge on any atom is -0.310 e. The number of aryl methyl sites for hydroxylation is 2. The van der Waals surface area contributed by atoms with Gasteiger partial charge in [0.2, 0.25) is 0 Å². The van der Waals surface area contributed by atoms with Crippen LogP contribution in [0.5, 0.6) is 0 Å². The first kappa shape index (κ1) is 12.3. The van der Waals surface area contributed by atoms with Crippen LogP contribution in [0, 0.1) is 13.8 Å². The highest BCUT2D eigenvalue weighted by Gasteiger charge is 2.20.